The Labute approximate surface area is 169 Å². The minimum absolute atomic E-state index is 0.0236. The van der Waals surface area contributed by atoms with Gasteiger partial charge in [0, 0.05) is 7.11 Å². The molecule has 1 aliphatic rings. The van der Waals surface area contributed by atoms with Crippen molar-refractivity contribution < 1.29 is 36.7 Å². The van der Waals surface area contributed by atoms with Gasteiger partial charge in [0.05, 0.1) is 51.0 Å². The first-order valence-electron chi connectivity index (χ1n) is 9.66. The third-order valence-corrected chi connectivity index (χ3v) is 4.55. The van der Waals surface area contributed by atoms with Crippen molar-refractivity contribution in [3.05, 3.63) is 42.0 Å². The second-order valence-corrected chi connectivity index (χ2v) is 6.57. The molecule has 29 heavy (non-hydrogen) atoms. The molecule has 1 heterocycles. The maximum atomic E-state index is 14.4. The van der Waals surface area contributed by atoms with E-state index in [4.69, 9.17) is 23.6 Å². The highest BCUT2D eigenvalue weighted by Crippen LogP contribution is 2.32. The third kappa shape index (κ3) is 5.96. The zero-order chi connectivity index (χ0) is 20.5. The summed E-state index contributed by atoms with van der Waals surface area (Å²) in [6, 6.07) is 11.0. The minimum atomic E-state index is -4.14. The molecule has 9 heteroatoms. The van der Waals surface area contributed by atoms with Gasteiger partial charge in [0.25, 0.3) is 0 Å². The summed E-state index contributed by atoms with van der Waals surface area (Å²) in [6.07, 6.45) is 1.47. The van der Waals surface area contributed by atoms with Crippen molar-refractivity contribution in [2.24, 2.45) is 0 Å². The molecule has 3 rings (SSSR count). The van der Waals surface area contributed by atoms with Gasteiger partial charge in [-0.25, -0.2) is 0 Å². The molecule has 0 saturated carbocycles. The standard InChI is InChI=1S/C20H26BF2NO5/c1-25-10-11-27-14-15-28-13-12-26-9-8-24-16-19-18-5-3-2-4-17(18)6-7-20(19)29-21(24,22)23/h2-7,16H,8-15H2,1H3. The van der Waals surface area contributed by atoms with Gasteiger partial charge >= 0.3 is 7.04 Å². The number of hydrogen-bond acceptors (Lipinski definition) is 5. The van der Waals surface area contributed by atoms with E-state index in [1.165, 1.54) is 6.21 Å². The lowest BCUT2D eigenvalue weighted by molar-refractivity contribution is -0.439. The zero-order valence-electron chi connectivity index (χ0n) is 16.5. The summed E-state index contributed by atoms with van der Waals surface area (Å²) in [4.78, 5) is 0. The Kier molecular flexibility index (Phi) is 7.94. The van der Waals surface area contributed by atoms with Crippen LogP contribution in [0.2, 0.25) is 0 Å². The number of rotatable bonds is 12. The van der Waals surface area contributed by atoms with E-state index in [0.29, 0.717) is 45.2 Å². The fraction of sp³-hybridized carbons (Fsp3) is 0.450. The average Bonchev–Trinajstić information content (AvgIpc) is 2.71. The number of fused-ring (bicyclic) bond motifs is 3. The largest absolute Gasteiger partial charge is 0.828 e. The summed E-state index contributed by atoms with van der Waals surface area (Å²) < 4.78 is 55.6. The Balaban J connectivity index is 1.46. The van der Waals surface area contributed by atoms with Crippen LogP contribution in [0.1, 0.15) is 5.56 Å². The van der Waals surface area contributed by atoms with Crippen molar-refractivity contribution in [2.75, 3.05) is 59.9 Å². The van der Waals surface area contributed by atoms with E-state index in [1.807, 2.05) is 24.3 Å². The van der Waals surface area contributed by atoms with Crippen LogP contribution >= 0.6 is 0 Å². The first-order chi connectivity index (χ1) is 14.1. The summed E-state index contributed by atoms with van der Waals surface area (Å²) in [5.41, 5.74) is 0.660. The van der Waals surface area contributed by atoms with Crippen LogP contribution in [0.4, 0.5) is 8.63 Å². The summed E-state index contributed by atoms with van der Waals surface area (Å²) in [5, 5.41) is 1.85. The normalized spacial score (nSPS) is 15.1. The number of nitrogens with zero attached hydrogens (tertiary/aromatic N) is 1. The van der Waals surface area contributed by atoms with Crippen molar-refractivity contribution in [1.29, 1.82) is 0 Å². The first-order valence-corrected chi connectivity index (χ1v) is 9.66. The van der Waals surface area contributed by atoms with E-state index in [-0.39, 0.29) is 18.9 Å². The first kappa shape index (κ1) is 21.6. The van der Waals surface area contributed by atoms with Gasteiger partial charge in [-0.05, 0) is 16.8 Å². The third-order valence-electron chi connectivity index (χ3n) is 4.55. The molecule has 0 unspecified atom stereocenters. The van der Waals surface area contributed by atoms with Crippen LogP contribution in [0, 0.1) is 0 Å². The second kappa shape index (κ2) is 10.6. The Morgan fingerprint density at radius 1 is 0.862 bits per heavy atom. The summed E-state index contributed by atoms with van der Waals surface area (Å²) in [7, 11) is -2.53. The van der Waals surface area contributed by atoms with Gasteiger partial charge in [-0.3, -0.25) is 0 Å². The second-order valence-electron chi connectivity index (χ2n) is 6.57. The predicted octanol–water partition coefficient (Wildman–Crippen LogP) is 2.73. The molecule has 0 aliphatic carbocycles. The van der Waals surface area contributed by atoms with Crippen LogP contribution in [0.3, 0.4) is 0 Å². The molecule has 158 valence electrons. The van der Waals surface area contributed by atoms with Crippen molar-refractivity contribution in [1.82, 2.24) is 0 Å². The maximum absolute atomic E-state index is 14.4. The monoisotopic (exact) mass is 409 g/mol. The highest BCUT2D eigenvalue weighted by Gasteiger charge is 2.48. The number of hydrogen-bond donors (Lipinski definition) is 0. The Bertz CT molecular complexity index is 834. The fourth-order valence-corrected chi connectivity index (χ4v) is 3.05. The molecule has 0 bridgehead atoms. The quantitative estimate of drug-likeness (QED) is 0.399. The number of benzene rings is 2. The van der Waals surface area contributed by atoms with Crippen LogP contribution in [-0.2, 0) is 18.9 Å². The number of ether oxygens (including phenoxy) is 4. The van der Waals surface area contributed by atoms with Crippen molar-refractivity contribution in [2.45, 2.75) is 0 Å². The SMILES string of the molecule is COCCOCCOCCOCC[N+]1=Cc2c(ccc3ccccc23)O[B-]1(F)F. The lowest BCUT2D eigenvalue weighted by Crippen LogP contribution is -2.50. The van der Waals surface area contributed by atoms with Gasteiger partial charge in [-0.15, -0.1) is 0 Å². The summed E-state index contributed by atoms with van der Waals surface area (Å²) in [5.74, 6) is 0.201. The van der Waals surface area contributed by atoms with E-state index >= 15 is 0 Å². The Hall–Kier alpha value is -2.07. The molecule has 0 N–H and O–H groups in total. The molecule has 0 radical (unpaired) electrons. The number of halogens is 2. The molecule has 0 aromatic heterocycles. The highest BCUT2D eigenvalue weighted by molar-refractivity contribution is 6.52. The summed E-state index contributed by atoms with van der Waals surface area (Å²) >= 11 is 0. The van der Waals surface area contributed by atoms with E-state index in [2.05, 4.69) is 0 Å². The number of methoxy groups -OCH3 is 1. The lowest BCUT2D eigenvalue weighted by Gasteiger charge is -2.29. The van der Waals surface area contributed by atoms with Crippen LogP contribution < -0.4 is 4.65 Å². The van der Waals surface area contributed by atoms with Crippen LogP contribution in [0.5, 0.6) is 5.75 Å². The predicted molar refractivity (Wildman–Crippen MR) is 107 cm³/mol. The van der Waals surface area contributed by atoms with Crippen molar-refractivity contribution in [3.8, 4) is 5.75 Å². The van der Waals surface area contributed by atoms with E-state index < -0.39 is 7.04 Å². The van der Waals surface area contributed by atoms with Gasteiger partial charge in [0.2, 0.25) is 0 Å². The molecular weight excluding hydrogens is 383 g/mol. The smallest absolute Gasteiger partial charge is 0.599 e. The molecule has 0 spiro atoms. The van der Waals surface area contributed by atoms with E-state index in [9.17, 15) is 8.63 Å². The summed E-state index contributed by atoms with van der Waals surface area (Å²) in [6.45, 7) is 2.87. The topological polar surface area (TPSA) is 49.2 Å². The van der Waals surface area contributed by atoms with Crippen LogP contribution in [-0.4, -0.2) is 77.6 Å². The Morgan fingerprint density at radius 2 is 1.52 bits per heavy atom. The maximum Gasteiger partial charge on any atom is 0.828 e. The molecule has 0 saturated heterocycles. The molecule has 1 aliphatic heterocycles. The molecule has 6 nitrogen and oxygen atoms in total. The van der Waals surface area contributed by atoms with Crippen LogP contribution in [0.15, 0.2) is 36.4 Å². The van der Waals surface area contributed by atoms with Gasteiger partial charge in [0.15, 0.2) is 0 Å². The molecule has 0 amide bonds. The van der Waals surface area contributed by atoms with Crippen molar-refractivity contribution >= 4 is 24.0 Å². The fourth-order valence-electron chi connectivity index (χ4n) is 3.05. The molecule has 0 fully saturated rings. The van der Waals surface area contributed by atoms with Crippen molar-refractivity contribution in [3.63, 3.8) is 0 Å². The van der Waals surface area contributed by atoms with E-state index in [0.717, 1.165) is 15.3 Å². The Morgan fingerprint density at radius 3 is 2.24 bits per heavy atom. The average molecular weight is 409 g/mol. The minimum Gasteiger partial charge on any atom is -0.599 e. The lowest BCUT2D eigenvalue weighted by atomic mass is 9.96. The molecule has 2 aromatic rings. The van der Waals surface area contributed by atoms with Gasteiger partial charge in [0.1, 0.15) is 19.4 Å². The molecular formula is C20H26BF2NO5. The zero-order valence-corrected chi connectivity index (χ0v) is 16.5. The van der Waals surface area contributed by atoms with Crippen LogP contribution in [0.25, 0.3) is 10.8 Å². The van der Waals surface area contributed by atoms with Gasteiger partial charge in [-0.2, -0.15) is 0 Å². The van der Waals surface area contributed by atoms with Gasteiger partial charge in [-0.1, -0.05) is 30.3 Å². The molecule has 2 aromatic carbocycles. The van der Waals surface area contributed by atoms with Gasteiger partial charge < -0.3 is 36.7 Å². The molecule has 0 atom stereocenters. The van der Waals surface area contributed by atoms with E-state index in [1.54, 1.807) is 19.2 Å². The highest BCUT2D eigenvalue weighted by atomic mass is 19.3.